The van der Waals surface area contributed by atoms with E-state index in [9.17, 15) is 0 Å². The van der Waals surface area contributed by atoms with Gasteiger partial charge >= 0.3 is 0 Å². The standard InChI is InChI=1S/C11H20N4S/c1-7(2)10-13-11(15-14-10)8(3)12-9-4-5-16-6-9/h7-9,12H,4-6H2,1-3H3,(H,13,14,15). The second kappa shape index (κ2) is 5.19. The van der Waals surface area contributed by atoms with E-state index in [0.717, 1.165) is 11.6 Å². The molecule has 1 saturated heterocycles. The topological polar surface area (TPSA) is 53.6 Å². The van der Waals surface area contributed by atoms with Crippen molar-refractivity contribution < 1.29 is 0 Å². The summed E-state index contributed by atoms with van der Waals surface area (Å²) >= 11 is 2.02. The largest absolute Gasteiger partial charge is 0.304 e. The zero-order valence-corrected chi connectivity index (χ0v) is 11.0. The molecule has 0 bridgehead atoms. The summed E-state index contributed by atoms with van der Waals surface area (Å²) in [5, 5.41) is 10.9. The number of hydrogen-bond acceptors (Lipinski definition) is 4. The van der Waals surface area contributed by atoms with Gasteiger partial charge in [0.2, 0.25) is 0 Å². The highest BCUT2D eigenvalue weighted by Crippen LogP contribution is 2.20. The fourth-order valence-electron chi connectivity index (χ4n) is 1.84. The summed E-state index contributed by atoms with van der Waals surface area (Å²) in [4.78, 5) is 4.52. The predicted octanol–water partition coefficient (Wildman–Crippen LogP) is 2.08. The van der Waals surface area contributed by atoms with Gasteiger partial charge in [-0.05, 0) is 19.1 Å². The van der Waals surface area contributed by atoms with Crippen molar-refractivity contribution in [3.8, 4) is 0 Å². The minimum atomic E-state index is 0.267. The third kappa shape index (κ3) is 2.77. The molecule has 0 radical (unpaired) electrons. The molecular formula is C11H20N4S. The molecule has 2 rings (SSSR count). The first-order chi connectivity index (χ1) is 7.66. The van der Waals surface area contributed by atoms with E-state index < -0.39 is 0 Å². The molecule has 1 aromatic rings. The number of nitrogens with one attached hydrogen (secondary N) is 2. The molecule has 90 valence electrons. The molecule has 0 spiro atoms. The summed E-state index contributed by atoms with van der Waals surface area (Å²) in [7, 11) is 0. The molecule has 1 aliphatic rings. The first-order valence-corrected chi connectivity index (χ1v) is 7.08. The molecule has 1 fully saturated rings. The zero-order valence-electron chi connectivity index (χ0n) is 10.2. The lowest BCUT2D eigenvalue weighted by Crippen LogP contribution is -2.31. The Hall–Kier alpha value is -0.550. The number of aromatic nitrogens is 3. The van der Waals surface area contributed by atoms with Crippen LogP contribution in [-0.4, -0.2) is 32.7 Å². The van der Waals surface area contributed by atoms with E-state index in [1.807, 2.05) is 11.8 Å². The van der Waals surface area contributed by atoms with Gasteiger partial charge in [-0.25, -0.2) is 4.98 Å². The van der Waals surface area contributed by atoms with E-state index in [-0.39, 0.29) is 6.04 Å². The quantitative estimate of drug-likeness (QED) is 0.846. The highest BCUT2D eigenvalue weighted by atomic mass is 32.2. The number of nitrogens with zero attached hydrogens (tertiary/aromatic N) is 2. The SMILES string of the molecule is CC(C)c1n[nH]c(C(C)NC2CCSC2)n1. The Morgan fingerprint density at radius 1 is 1.44 bits per heavy atom. The number of rotatable bonds is 4. The summed E-state index contributed by atoms with van der Waals surface area (Å²) in [6.45, 7) is 6.37. The van der Waals surface area contributed by atoms with Crippen molar-refractivity contribution in [2.45, 2.75) is 45.2 Å². The Morgan fingerprint density at radius 3 is 2.81 bits per heavy atom. The second-order valence-electron chi connectivity index (χ2n) is 4.68. The van der Waals surface area contributed by atoms with E-state index >= 15 is 0 Å². The monoisotopic (exact) mass is 240 g/mol. The fourth-order valence-corrected chi connectivity index (χ4v) is 3.00. The van der Waals surface area contributed by atoms with Gasteiger partial charge in [-0.3, -0.25) is 5.10 Å². The molecule has 2 unspecified atom stereocenters. The minimum absolute atomic E-state index is 0.267. The van der Waals surface area contributed by atoms with Crippen LogP contribution < -0.4 is 5.32 Å². The van der Waals surface area contributed by atoms with Crippen LogP contribution in [0.2, 0.25) is 0 Å². The molecule has 2 atom stereocenters. The molecule has 4 nitrogen and oxygen atoms in total. The Kier molecular flexibility index (Phi) is 3.86. The maximum absolute atomic E-state index is 4.52. The summed E-state index contributed by atoms with van der Waals surface area (Å²) in [6, 6.07) is 0.899. The molecule has 0 aliphatic carbocycles. The summed E-state index contributed by atoms with van der Waals surface area (Å²) in [5.41, 5.74) is 0. The van der Waals surface area contributed by atoms with Crippen LogP contribution in [0.15, 0.2) is 0 Å². The smallest absolute Gasteiger partial charge is 0.153 e. The van der Waals surface area contributed by atoms with Gasteiger partial charge in [0.1, 0.15) is 5.82 Å². The highest BCUT2D eigenvalue weighted by Gasteiger charge is 2.20. The van der Waals surface area contributed by atoms with Gasteiger partial charge in [0.15, 0.2) is 5.82 Å². The lowest BCUT2D eigenvalue weighted by atomic mass is 10.2. The number of H-pyrrole nitrogens is 1. The van der Waals surface area contributed by atoms with Gasteiger partial charge in [-0.1, -0.05) is 13.8 Å². The van der Waals surface area contributed by atoms with E-state index in [1.54, 1.807) is 0 Å². The van der Waals surface area contributed by atoms with Crippen molar-refractivity contribution in [2.24, 2.45) is 0 Å². The van der Waals surface area contributed by atoms with Crippen molar-refractivity contribution in [2.75, 3.05) is 11.5 Å². The lowest BCUT2D eigenvalue weighted by molar-refractivity contribution is 0.470. The zero-order chi connectivity index (χ0) is 11.5. The third-order valence-electron chi connectivity index (χ3n) is 2.86. The number of hydrogen-bond donors (Lipinski definition) is 2. The lowest BCUT2D eigenvalue weighted by Gasteiger charge is -2.16. The summed E-state index contributed by atoms with van der Waals surface area (Å²) < 4.78 is 0. The number of thioether (sulfide) groups is 1. The normalized spacial score (nSPS) is 22.9. The van der Waals surface area contributed by atoms with Gasteiger partial charge in [0, 0.05) is 17.7 Å². The fraction of sp³-hybridized carbons (Fsp3) is 0.818. The molecule has 2 N–H and O–H groups in total. The molecular weight excluding hydrogens is 220 g/mol. The van der Waals surface area contributed by atoms with Crippen molar-refractivity contribution >= 4 is 11.8 Å². The van der Waals surface area contributed by atoms with Crippen LogP contribution in [0, 0.1) is 0 Å². The van der Waals surface area contributed by atoms with Crippen molar-refractivity contribution in [3.63, 3.8) is 0 Å². The van der Waals surface area contributed by atoms with E-state index in [4.69, 9.17) is 0 Å². The van der Waals surface area contributed by atoms with Crippen LogP contribution in [0.4, 0.5) is 0 Å². The van der Waals surface area contributed by atoms with Crippen LogP contribution in [0.1, 0.15) is 50.8 Å². The van der Waals surface area contributed by atoms with E-state index in [0.29, 0.717) is 12.0 Å². The van der Waals surface area contributed by atoms with Gasteiger partial charge in [0.05, 0.1) is 6.04 Å². The number of aromatic amines is 1. The Labute approximate surface area is 101 Å². The third-order valence-corrected chi connectivity index (χ3v) is 4.02. The van der Waals surface area contributed by atoms with Gasteiger partial charge in [-0.2, -0.15) is 16.9 Å². The van der Waals surface area contributed by atoms with Crippen molar-refractivity contribution in [3.05, 3.63) is 11.6 Å². The summed E-state index contributed by atoms with van der Waals surface area (Å²) in [6.07, 6.45) is 1.26. The van der Waals surface area contributed by atoms with Crippen LogP contribution in [-0.2, 0) is 0 Å². The summed E-state index contributed by atoms with van der Waals surface area (Å²) in [5.74, 6) is 4.75. The first-order valence-electron chi connectivity index (χ1n) is 5.93. The van der Waals surface area contributed by atoms with Crippen LogP contribution >= 0.6 is 11.8 Å². The molecule has 0 saturated carbocycles. The van der Waals surface area contributed by atoms with Gasteiger partial charge in [-0.15, -0.1) is 0 Å². The van der Waals surface area contributed by atoms with E-state index in [2.05, 4.69) is 41.3 Å². The highest BCUT2D eigenvalue weighted by molar-refractivity contribution is 7.99. The minimum Gasteiger partial charge on any atom is -0.304 e. The Balaban J connectivity index is 1.94. The van der Waals surface area contributed by atoms with Crippen molar-refractivity contribution in [1.29, 1.82) is 0 Å². The molecule has 1 aromatic heterocycles. The molecule has 1 aliphatic heterocycles. The second-order valence-corrected chi connectivity index (χ2v) is 5.83. The maximum Gasteiger partial charge on any atom is 0.153 e. The predicted molar refractivity (Wildman–Crippen MR) is 67.8 cm³/mol. The molecule has 0 aromatic carbocycles. The van der Waals surface area contributed by atoms with Gasteiger partial charge in [0.25, 0.3) is 0 Å². The van der Waals surface area contributed by atoms with Crippen LogP contribution in [0.25, 0.3) is 0 Å². The molecule has 0 amide bonds. The average Bonchev–Trinajstić information content (AvgIpc) is 2.86. The molecule has 16 heavy (non-hydrogen) atoms. The first kappa shape index (κ1) is 11.9. The Morgan fingerprint density at radius 2 is 2.25 bits per heavy atom. The van der Waals surface area contributed by atoms with E-state index in [1.165, 1.54) is 17.9 Å². The average molecular weight is 240 g/mol. The Bertz CT molecular complexity index is 330. The molecule has 5 heteroatoms. The van der Waals surface area contributed by atoms with Gasteiger partial charge < -0.3 is 5.32 Å². The maximum atomic E-state index is 4.52. The van der Waals surface area contributed by atoms with Crippen LogP contribution in [0.3, 0.4) is 0 Å². The van der Waals surface area contributed by atoms with Crippen molar-refractivity contribution in [1.82, 2.24) is 20.5 Å². The molecule has 2 heterocycles. The van der Waals surface area contributed by atoms with Crippen LogP contribution in [0.5, 0.6) is 0 Å².